The van der Waals surface area contributed by atoms with Crippen molar-refractivity contribution in [1.29, 1.82) is 0 Å². The number of nitrogens with two attached hydrogens (primary N) is 1. The molecule has 1 aromatic heterocycles. The number of benzene rings is 1. The molecule has 1 aliphatic heterocycles. The van der Waals surface area contributed by atoms with Crippen LogP contribution in [0.1, 0.15) is 17.0 Å². The summed E-state index contributed by atoms with van der Waals surface area (Å²) in [6.07, 6.45) is 4.63. The van der Waals surface area contributed by atoms with Crippen molar-refractivity contribution in [3.05, 3.63) is 47.5 Å². The fourth-order valence-electron chi connectivity index (χ4n) is 2.39. The Labute approximate surface area is 106 Å². The second-order valence-electron chi connectivity index (χ2n) is 4.67. The number of fused-ring (bicyclic) bond motifs is 1. The second-order valence-corrected chi connectivity index (χ2v) is 4.67. The molecule has 0 atom stereocenters. The molecule has 18 heavy (non-hydrogen) atoms. The third-order valence-corrected chi connectivity index (χ3v) is 3.41. The molecule has 2 aromatic rings. The number of hydrogen-bond acceptors (Lipinski definition) is 4. The van der Waals surface area contributed by atoms with Gasteiger partial charge in [-0.2, -0.15) is 0 Å². The lowest BCUT2D eigenvalue weighted by Crippen LogP contribution is -2.21. The summed E-state index contributed by atoms with van der Waals surface area (Å²) in [5.41, 5.74) is 10.6. The summed E-state index contributed by atoms with van der Waals surface area (Å²) in [6.45, 7) is 3.81. The highest BCUT2D eigenvalue weighted by Crippen LogP contribution is 2.32. The van der Waals surface area contributed by atoms with Crippen molar-refractivity contribution in [2.45, 2.75) is 19.9 Å². The van der Waals surface area contributed by atoms with E-state index in [-0.39, 0.29) is 0 Å². The minimum absolute atomic E-state index is 0.746. The average molecular weight is 240 g/mol. The number of nitrogens with zero attached hydrogens (tertiary/aromatic N) is 3. The molecule has 2 heterocycles. The molecule has 0 amide bonds. The molecule has 0 fully saturated rings. The molecular formula is C14H16N4. The molecule has 4 heteroatoms. The topological polar surface area (TPSA) is 55.0 Å². The molecule has 0 saturated carbocycles. The van der Waals surface area contributed by atoms with E-state index in [0.29, 0.717) is 0 Å². The van der Waals surface area contributed by atoms with Crippen LogP contribution in [-0.4, -0.2) is 16.5 Å². The van der Waals surface area contributed by atoms with Crippen LogP contribution < -0.4 is 10.6 Å². The van der Waals surface area contributed by atoms with Crippen molar-refractivity contribution in [1.82, 2.24) is 9.97 Å². The van der Waals surface area contributed by atoms with Gasteiger partial charge in [0.25, 0.3) is 0 Å². The van der Waals surface area contributed by atoms with Gasteiger partial charge in [0.1, 0.15) is 5.82 Å². The van der Waals surface area contributed by atoms with Crippen LogP contribution in [0.4, 0.5) is 11.4 Å². The van der Waals surface area contributed by atoms with Crippen molar-refractivity contribution in [2.24, 2.45) is 0 Å². The number of aryl methyl sites for hydroxylation is 1. The summed E-state index contributed by atoms with van der Waals surface area (Å²) in [7, 11) is 0. The summed E-state index contributed by atoms with van der Waals surface area (Å²) in [5.74, 6) is 0.851. The second kappa shape index (κ2) is 4.29. The minimum Gasteiger partial charge on any atom is -0.398 e. The Morgan fingerprint density at radius 1 is 1.28 bits per heavy atom. The van der Waals surface area contributed by atoms with Gasteiger partial charge < -0.3 is 10.6 Å². The standard InChI is InChI=1S/C14H16N4/c1-10-7-11-3-6-18(13(11)8-12(10)15)9-14-16-4-2-5-17-14/h2,4-5,7-8H,3,6,9,15H2,1H3. The first-order chi connectivity index (χ1) is 8.74. The largest absolute Gasteiger partial charge is 0.398 e. The zero-order valence-electron chi connectivity index (χ0n) is 10.4. The van der Waals surface area contributed by atoms with Gasteiger partial charge in [-0.15, -0.1) is 0 Å². The van der Waals surface area contributed by atoms with E-state index in [2.05, 4.69) is 33.9 Å². The zero-order chi connectivity index (χ0) is 12.5. The average Bonchev–Trinajstić information content (AvgIpc) is 2.74. The molecule has 0 saturated heterocycles. The van der Waals surface area contributed by atoms with Gasteiger partial charge >= 0.3 is 0 Å². The molecule has 92 valence electrons. The molecule has 0 radical (unpaired) electrons. The Hall–Kier alpha value is -2.10. The van der Waals surface area contributed by atoms with Gasteiger partial charge in [-0.05, 0) is 36.6 Å². The first kappa shape index (κ1) is 11.0. The molecule has 3 rings (SSSR count). The van der Waals surface area contributed by atoms with Gasteiger partial charge in [-0.1, -0.05) is 6.07 Å². The number of anilines is 2. The van der Waals surface area contributed by atoms with Gasteiger partial charge in [0.05, 0.1) is 6.54 Å². The normalized spacial score (nSPS) is 13.7. The Morgan fingerprint density at radius 2 is 2.06 bits per heavy atom. The van der Waals surface area contributed by atoms with E-state index in [9.17, 15) is 0 Å². The van der Waals surface area contributed by atoms with Crippen molar-refractivity contribution in [3.8, 4) is 0 Å². The molecule has 2 N–H and O–H groups in total. The van der Waals surface area contributed by atoms with Gasteiger partial charge in [-0.25, -0.2) is 9.97 Å². The minimum atomic E-state index is 0.746. The van der Waals surface area contributed by atoms with Gasteiger partial charge in [0.15, 0.2) is 0 Å². The van der Waals surface area contributed by atoms with Crippen LogP contribution >= 0.6 is 0 Å². The number of rotatable bonds is 2. The lowest BCUT2D eigenvalue weighted by molar-refractivity contribution is 0.785. The van der Waals surface area contributed by atoms with E-state index < -0.39 is 0 Å². The fraction of sp³-hybridized carbons (Fsp3) is 0.286. The molecule has 0 spiro atoms. The van der Waals surface area contributed by atoms with E-state index in [1.165, 1.54) is 11.3 Å². The van der Waals surface area contributed by atoms with Crippen LogP contribution in [0.5, 0.6) is 0 Å². The SMILES string of the molecule is Cc1cc2c(cc1N)N(Cc1ncccn1)CC2. The van der Waals surface area contributed by atoms with Crippen molar-refractivity contribution in [3.63, 3.8) is 0 Å². The maximum atomic E-state index is 5.99. The van der Waals surface area contributed by atoms with Crippen molar-refractivity contribution >= 4 is 11.4 Å². The third-order valence-electron chi connectivity index (χ3n) is 3.41. The lowest BCUT2D eigenvalue weighted by Gasteiger charge is -2.19. The molecular weight excluding hydrogens is 224 g/mol. The van der Waals surface area contributed by atoms with E-state index in [0.717, 1.165) is 36.6 Å². The molecule has 0 aliphatic carbocycles. The fourth-order valence-corrected chi connectivity index (χ4v) is 2.39. The van der Waals surface area contributed by atoms with Crippen LogP contribution in [0, 0.1) is 6.92 Å². The van der Waals surface area contributed by atoms with E-state index in [1.807, 2.05) is 6.07 Å². The van der Waals surface area contributed by atoms with Gasteiger partial charge in [0.2, 0.25) is 0 Å². The molecule has 4 nitrogen and oxygen atoms in total. The molecule has 0 unspecified atom stereocenters. The Balaban J connectivity index is 1.89. The summed E-state index contributed by atoms with van der Waals surface area (Å²) < 4.78 is 0. The predicted octanol–water partition coefficient (Wildman–Crippen LogP) is 1.93. The van der Waals surface area contributed by atoms with Gasteiger partial charge in [-0.3, -0.25) is 0 Å². The van der Waals surface area contributed by atoms with E-state index >= 15 is 0 Å². The van der Waals surface area contributed by atoms with Crippen molar-refractivity contribution < 1.29 is 0 Å². The maximum Gasteiger partial charge on any atom is 0.147 e. The van der Waals surface area contributed by atoms with Crippen LogP contribution in [0.2, 0.25) is 0 Å². The van der Waals surface area contributed by atoms with Crippen LogP contribution in [-0.2, 0) is 13.0 Å². The Bertz CT molecular complexity index is 566. The first-order valence-electron chi connectivity index (χ1n) is 6.14. The van der Waals surface area contributed by atoms with Crippen LogP contribution in [0.3, 0.4) is 0 Å². The highest BCUT2D eigenvalue weighted by molar-refractivity contribution is 5.67. The first-order valence-corrected chi connectivity index (χ1v) is 6.14. The monoisotopic (exact) mass is 240 g/mol. The highest BCUT2D eigenvalue weighted by Gasteiger charge is 2.20. The Morgan fingerprint density at radius 3 is 2.83 bits per heavy atom. The predicted molar refractivity (Wildman–Crippen MR) is 72.4 cm³/mol. The highest BCUT2D eigenvalue weighted by atomic mass is 15.2. The summed E-state index contributed by atoms with van der Waals surface area (Å²) >= 11 is 0. The molecule has 1 aromatic carbocycles. The van der Waals surface area contributed by atoms with Crippen LogP contribution in [0.25, 0.3) is 0 Å². The lowest BCUT2D eigenvalue weighted by atomic mass is 10.1. The quantitative estimate of drug-likeness (QED) is 0.815. The van der Waals surface area contributed by atoms with Crippen LogP contribution in [0.15, 0.2) is 30.6 Å². The third kappa shape index (κ3) is 1.90. The maximum absolute atomic E-state index is 5.99. The van der Waals surface area contributed by atoms with E-state index in [4.69, 9.17) is 5.73 Å². The van der Waals surface area contributed by atoms with Crippen molar-refractivity contribution in [2.75, 3.05) is 17.2 Å². The zero-order valence-corrected chi connectivity index (χ0v) is 10.4. The summed E-state index contributed by atoms with van der Waals surface area (Å²) in [4.78, 5) is 10.8. The Kier molecular flexibility index (Phi) is 2.63. The number of nitrogen functional groups attached to an aromatic ring is 1. The molecule has 1 aliphatic rings. The smallest absolute Gasteiger partial charge is 0.147 e. The summed E-state index contributed by atoms with van der Waals surface area (Å²) in [5, 5.41) is 0. The summed E-state index contributed by atoms with van der Waals surface area (Å²) in [6, 6.07) is 6.10. The number of aromatic nitrogens is 2. The number of hydrogen-bond donors (Lipinski definition) is 1. The van der Waals surface area contributed by atoms with E-state index in [1.54, 1.807) is 12.4 Å². The molecule has 0 bridgehead atoms. The van der Waals surface area contributed by atoms with Gasteiger partial charge in [0, 0.05) is 30.3 Å².